The number of likely N-dealkylation sites (N-methyl/N-ethyl adjacent to an activating group) is 1. The summed E-state index contributed by atoms with van der Waals surface area (Å²) in [4.78, 5) is 22.4. The van der Waals surface area contributed by atoms with Gasteiger partial charge in [0.1, 0.15) is 13.2 Å². The SMILES string of the molecule is CCCCC/C=C/CC/C=C/C(O)C(COP(=O)(O)OCC[N+](C)(C)C)NC(=O)CCCCCC. The van der Waals surface area contributed by atoms with E-state index in [4.69, 9.17) is 9.05 Å². The Kier molecular flexibility index (Phi) is 19.5. The molecule has 0 rings (SSSR count). The molecule has 0 heterocycles. The fraction of sp³-hybridized carbons (Fsp3) is 0.808. The normalized spacial score (nSPS) is 16.0. The summed E-state index contributed by atoms with van der Waals surface area (Å²) in [5, 5.41) is 13.4. The zero-order chi connectivity index (χ0) is 26.6. The van der Waals surface area contributed by atoms with Crippen LogP contribution in [-0.2, 0) is 18.4 Å². The molecule has 0 bridgehead atoms. The largest absolute Gasteiger partial charge is 0.472 e. The molecule has 0 aliphatic rings. The van der Waals surface area contributed by atoms with Crippen molar-refractivity contribution in [1.82, 2.24) is 5.32 Å². The summed E-state index contributed by atoms with van der Waals surface area (Å²) < 4.78 is 23.0. The molecule has 0 aromatic heterocycles. The smallest absolute Gasteiger partial charge is 0.387 e. The number of nitrogens with one attached hydrogen (secondary N) is 1. The molecule has 0 saturated heterocycles. The Hall–Kier alpha value is -1.02. The third-order valence-corrected chi connectivity index (χ3v) is 6.41. The van der Waals surface area contributed by atoms with Crippen molar-refractivity contribution >= 4 is 13.7 Å². The maximum absolute atomic E-state index is 12.4. The lowest BCUT2D eigenvalue weighted by molar-refractivity contribution is -0.870. The van der Waals surface area contributed by atoms with Crippen LogP contribution in [-0.4, -0.2) is 73.4 Å². The standard InChI is InChI=1S/C26H51N2O6P/c1-6-8-10-12-13-14-15-16-17-19-25(29)24(27-26(30)20-18-11-9-7-2)23-34-35(31,32)33-22-21-28(3,4)5/h13-14,17,19,24-25,29H,6-12,15-16,18,20-23H2,1-5H3,(H-,27,30,31,32)/p+1/b14-13+,19-17+. The fourth-order valence-corrected chi connectivity index (χ4v) is 3.90. The highest BCUT2D eigenvalue weighted by atomic mass is 31.2. The molecular weight excluding hydrogens is 467 g/mol. The van der Waals surface area contributed by atoms with Gasteiger partial charge >= 0.3 is 7.82 Å². The van der Waals surface area contributed by atoms with Gasteiger partial charge in [0.15, 0.2) is 0 Å². The summed E-state index contributed by atoms with van der Waals surface area (Å²) in [7, 11) is 1.54. The van der Waals surface area contributed by atoms with Gasteiger partial charge in [-0.1, -0.05) is 70.3 Å². The van der Waals surface area contributed by atoms with Gasteiger partial charge in [-0.3, -0.25) is 13.8 Å². The number of aliphatic hydroxyl groups is 1. The average Bonchev–Trinajstić information content (AvgIpc) is 2.77. The Morgan fingerprint density at radius 1 is 0.943 bits per heavy atom. The van der Waals surface area contributed by atoms with Crippen molar-refractivity contribution in [1.29, 1.82) is 0 Å². The van der Waals surface area contributed by atoms with Crippen molar-refractivity contribution in [2.24, 2.45) is 0 Å². The van der Waals surface area contributed by atoms with E-state index in [2.05, 4.69) is 31.3 Å². The molecule has 3 N–H and O–H groups in total. The molecule has 8 nitrogen and oxygen atoms in total. The van der Waals surface area contributed by atoms with Gasteiger partial charge in [-0.15, -0.1) is 0 Å². The van der Waals surface area contributed by atoms with Gasteiger partial charge in [0.25, 0.3) is 0 Å². The summed E-state index contributed by atoms with van der Waals surface area (Å²) in [6, 6.07) is -0.850. The van der Waals surface area contributed by atoms with Gasteiger partial charge in [-0.2, -0.15) is 0 Å². The van der Waals surface area contributed by atoms with Gasteiger partial charge in [0.2, 0.25) is 5.91 Å². The first-order valence-corrected chi connectivity index (χ1v) is 14.7. The van der Waals surface area contributed by atoms with Crippen LogP contribution in [0.15, 0.2) is 24.3 Å². The minimum Gasteiger partial charge on any atom is -0.387 e. The Labute approximate surface area is 214 Å². The van der Waals surface area contributed by atoms with E-state index in [-0.39, 0.29) is 19.1 Å². The van der Waals surface area contributed by atoms with Crippen LogP contribution in [0.2, 0.25) is 0 Å². The van der Waals surface area contributed by atoms with E-state index in [1.165, 1.54) is 19.3 Å². The van der Waals surface area contributed by atoms with Gasteiger partial charge in [0, 0.05) is 6.42 Å². The van der Waals surface area contributed by atoms with E-state index >= 15 is 0 Å². The highest BCUT2D eigenvalue weighted by Crippen LogP contribution is 2.43. The molecular formula is C26H52N2O6P+. The molecule has 9 heteroatoms. The second-order valence-electron chi connectivity index (χ2n) is 10.1. The quantitative estimate of drug-likeness (QED) is 0.0794. The van der Waals surface area contributed by atoms with Crippen LogP contribution in [0.1, 0.15) is 84.5 Å². The summed E-state index contributed by atoms with van der Waals surface area (Å²) in [5.74, 6) is -0.212. The van der Waals surface area contributed by atoms with Crippen LogP contribution in [0.3, 0.4) is 0 Å². The number of aliphatic hydroxyl groups excluding tert-OH is 1. The van der Waals surface area contributed by atoms with Crippen LogP contribution >= 0.6 is 7.82 Å². The molecule has 0 aliphatic heterocycles. The molecule has 0 saturated carbocycles. The lowest BCUT2D eigenvalue weighted by Gasteiger charge is -2.25. The van der Waals surface area contributed by atoms with Crippen molar-refractivity contribution in [2.45, 2.75) is 96.6 Å². The Morgan fingerprint density at radius 2 is 1.57 bits per heavy atom. The van der Waals surface area contributed by atoms with E-state index in [0.717, 1.165) is 44.9 Å². The monoisotopic (exact) mass is 519 g/mol. The maximum atomic E-state index is 12.4. The first-order chi connectivity index (χ1) is 16.5. The molecule has 3 atom stereocenters. The number of hydrogen-bond donors (Lipinski definition) is 3. The Bertz CT molecular complexity index is 648. The highest BCUT2D eigenvalue weighted by molar-refractivity contribution is 7.47. The molecule has 0 aromatic rings. The van der Waals surface area contributed by atoms with Crippen molar-refractivity contribution in [3.8, 4) is 0 Å². The second kappa shape index (κ2) is 20.1. The molecule has 206 valence electrons. The predicted molar refractivity (Wildman–Crippen MR) is 143 cm³/mol. The summed E-state index contributed by atoms with van der Waals surface area (Å²) >= 11 is 0. The molecule has 0 spiro atoms. The van der Waals surface area contributed by atoms with Crippen LogP contribution in [0.25, 0.3) is 0 Å². The number of carbonyl (C=O) groups excluding carboxylic acids is 1. The number of rotatable bonds is 22. The number of quaternary nitrogens is 1. The fourth-order valence-electron chi connectivity index (χ4n) is 3.17. The summed E-state index contributed by atoms with van der Waals surface area (Å²) in [5.41, 5.74) is 0. The van der Waals surface area contributed by atoms with Gasteiger partial charge < -0.3 is 19.8 Å². The number of unbranched alkanes of at least 4 members (excludes halogenated alkanes) is 7. The first kappa shape index (κ1) is 34.0. The summed E-state index contributed by atoms with van der Waals surface area (Å²) in [6.45, 7) is 4.55. The molecule has 0 radical (unpaired) electrons. The minimum absolute atomic E-state index is 0.0557. The maximum Gasteiger partial charge on any atom is 0.472 e. The number of phosphoric ester groups is 1. The van der Waals surface area contributed by atoms with Crippen LogP contribution < -0.4 is 5.32 Å². The third-order valence-electron chi connectivity index (χ3n) is 5.42. The summed E-state index contributed by atoms with van der Waals surface area (Å²) in [6.07, 6.45) is 17.3. The molecule has 0 aliphatic carbocycles. The number of hydrogen-bond acceptors (Lipinski definition) is 5. The number of amides is 1. The lowest BCUT2D eigenvalue weighted by Crippen LogP contribution is -2.45. The third kappa shape index (κ3) is 21.9. The molecule has 35 heavy (non-hydrogen) atoms. The second-order valence-corrected chi connectivity index (χ2v) is 11.5. The Balaban J connectivity index is 4.80. The zero-order valence-electron chi connectivity index (χ0n) is 22.8. The van der Waals surface area contributed by atoms with E-state index in [1.807, 2.05) is 27.2 Å². The van der Waals surface area contributed by atoms with E-state index < -0.39 is 20.0 Å². The van der Waals surface area contributed by atoms with Crippen LogP contribution in [0, 0.1) is 0 Å². The molecule has 0 fully saturated rings. The van der Waals surface area contributed by atoms with Crippen LogP contribution in [0.5, 0.6) is 0 Å². The predicted octanol–water partition coefficient (Wildman–Crippen LogP) is 5.12. The first-order valence-electron chi connectivity index (χ1n) is 13.2. The number of allylic oxidation sites excluding steroid dienone is 3. The average molecular weight is 520 g/mol. The molecule has 1 amide bonds. The number of carbonyl (C=O) groups is 1. The topological polar surface area (TPSA) is 105 Å². The molecule has 0 aromatic carbocycles. The van der Waals surface area contributed by atoms with Crippen molar-refractivity contribution in [2.75, 3.05) is 40.9 Å². The number of nitrogens with zero attached hydrogens (tertiary/aromatic N) is 1. The highest BCUT2D eigenvalue weighted by Gasteiger charge is 2.27. The van der Waals surface area contributed by atoms with Crippen molar-refractivity contribution in [3.05, 3.63) is 24.3 Å². The lowest BCUT2D eigenvalue weighted by atomic mass is 10.1. The van der Waals surface area contributed by atoms with Gasteiger partial charge in [0.05, 0.1) is 39.9 Å². The number of phosphoric acid groups is 1. The van der Waals surface area contributed by atoms with E-state index in [0.29, 0.717) is 17.4 Å². The van der Waals surface area contributed by atoms with E-state index in [1.54, 1.807) is 6.08 Å². The van der Waals surface area contributed by atoms with Gasteiger partial charge in [-0.25, -0.2) is 4.57 Å². The van der Waals surface area contributed by atoms with Gasteiger partial charge in [-0.05, 0) is 32.1 Å². The zero-order valence-corrected chi connectivity index (χ0v) is 23.7. The molecule has 3 unspecified atom stereocenters. The van der Waals surface area contributed by atoms with Crippen molar-refractivity contribution in [3.63, 3.8) is 0 Å². The van der Waals surface area contributed by atoms with Crippen LogP contribution in [0.4, 0.5) is 0 Å². The van der Waals surface area contributed by atoms with E-state index in [9.17, 15) is 19.4 Å². The minimum atomic E-state index is -4.30. The van der Waals surface area contributed by atoms with Crippen molar-refractivity contribution < 1.29 is 32.9 Å². The Morgan fingerprint density at radius 3 is 2.23 bits per heavy atom.